The zero-order chi connectivity index (χ0) is 21.3. The van der Waals surface area contributed by atoms with E-state index in [1.54, 1.807) is 0 Å². The van der Waals surface area contributed by atoms with Gasteiger partial charge in [0.05, 0.1) is 11.6 Å². The Morgan fingerprint density at radius 1 is 1.23 bits per heavy atom. The fraction of sp³-hybridized carbons (Fsp3) is 0.440. The summed E-state index contributed by atoms with van der Waals surface area (Å²) in [4.78, 5) is 20.7. The molecule has 1 amide bonds. The number of nitrogens with one attached hydrogen (secondary N) is 3. The maximum Gasteiger partial charge on any atom is 0.227 e. The Bertz CT molecular complexity index is 1050. The lowest BCUT2D eigenvalue weighted by Gasteiger charge is -2.16. The number of rotatable bonds is 6. The molecule has 30 heavy (non-hydrogen) atoms. The van der Waals surface area contributed by atoms with Crippen molar-refractivity contribution in [1.82, 2.24) is 20.6 Å². The normalized spacial score (nSPS) is 17.6. The van der Waals surface area contributed by atoms with E-state index in [9.17, 15) is 4.79 Å². The molecule has 1 aliphatic rings. The van der Waals surface area contributed by atoms with Crippen LogP contribution in [0.3, 0.4) is 0 Å². The number of aromatic amines is 1. The van der Waals surface area contributed by atoms with E-state index in [0.29, 0.717) is 11.8 Å². The minimum Gasteiger partial charge on any atom is -0.355 e. The highest BCUT2D eigenvalue weighted by Gasteiger charge is 2.21. The summed E-state index contributed by atoms with van der Waals surface area (Å²) in [7, 11) is 0. The van der Waals surface area contributed by atoms with E-state index in [-0.39, 0.29) is 11.8 Å². The zero-order valence-corrected chi connectivity index (χ0v) is 18.4. The average molecular weight is 405 g/mol. The molecule has 2 atom stereocenters. The first-order chi connectivity index (χ1) is 14.4. The van der Waals surface area contributed by atoms with Crippen LogP contribution in [0.2, 0.25) is 0 Å². The van der Waals surface area contributed by atoms with Gasteiger partial charge in [-0.25, -0.2) is 0 Å². The van der Waals surface area contributed by atoms with Gasteiger partial charge in [-0.05, 0) is 80.6 Å². The molecule has 2 aromatic heterocycles. The Hall–Kier alpha value is -2.66. The van der Waals surface area contributed by atoms with E-state index in [0.717, 1.165) is 54.1 Å². The first kappa shape index (κ1) is 20.6. The van der Waals surface area contributed by atoms with Crippen molar-refractivity contribution in [2.24, 2.45) is 5.92 Å². The summed E-state index contributed by atoms with van der Waals surface area (Å²) in [6.07, 6.45) is 3.00. The van der Waals surface area contributed by atoms with E-state index in [4.69, 9.17) is 0 Å². The second-order valence-corrected chi connectivity index (χ2v) is 8.88. The van der Waals surface area contributed by atoms with Gasteiger partial charge in [-0.3, -0.25) is 9.78 Å². The molecule has 1 aromatic carbocycles. The number of aromatic nitrogens is 2. The summed E-state index contributed by atoms with van der Waals surface area (Å²) in [5.74, 6) is 0.835. The second-order valence-electron chi connectivity index (χ2n) is 8.88. The van der Waals surface area contributed by atoms with Crippen LogP contribution in [-0.4, -0.2) is 35.5 Å². The number of nitrogens with zero attached hydrogens (tertiary/aromatic N) is 1. The largest absolute Gasteiger partial charge is 0.355 e. The maximum absolute atomic E-state index is 12.8. The number of carbonyl (C=O) groups excluding carboxylic acids is 1. The molecule has 0 radical (unpaired) electrons. The first-order valence-corrected chi connectivity index (χ1v) is 11.0. The second kappa shape index (κ2) is 8.60. The van der Waals surface area contributed by atoms with Gasteiger partial charge in [0.25, 0.3) is 0 Å². The number of H-pyrrole nitrogens is 1. The molecule has 0 spiro atoms. The van der Waals surface area contributed by atoms with E-state index < -0.39 is 0 Å². The Balaban J connectivity index is 1.64. The van der Waals surface area contributed by atoms with Gasteiger partial charge in [-0.2, -0.15) is 0 Å². The Morgan fingerprint density at radius 2 is 2.07 bits per heavy atom. The number of amides is 1. The number of pyridine rings is 1. The third kappa shape index (κ3) is 4.12. The van der Waals surface area contributed by atoms with Crippen molar-refractivity contribution in [1.29, 1.82) is 0 Å². The van der Waals surface area contributed by atoms with Crippen LogP contribution in [0.4, 0.5) is 0 Å². The first-order valence-electron chi connectivity index (χ1n) is 11.0. The molecule has 158 valence electrons. The monoisotopic (exact) mass is 404 g/mol. The van der Waals surface area contributed by atoms with E-state index in [1.807, 2.05) is 20.0 Å². The van der Waals surface area contributed by atoms with Gasteiger partial charge >= 0.3 is 0 Å². The Morgan fingerprint density at radius 3 is 2.77 bits per heavy atom. The highest BCUT2D eigenvalue weighted by molar-refractivity contribution is 5.93. The molecular formula is C25H32N4O. The number of carbonyl (C=O) groups is 1. The molecule has 3 heterocycles. The third-order valence-corrected chi connectivity index (χ3v) is 6.25. The van der Waals surface area contributed by atoms with Crippen LogP contribution >= 0.6 is 0 Å². The van der Waals surface area contributed by atoms with Crippen molar-refractivity contribution >= 4 is 16.8 Å². The summed E-state index contributed by atoms with van der Waals surface area (Å²) in [6, 6.07) is 10.6. The van der Waals surface area contributed by atoms with Crippen molar-refractivity contribution in [2.45, 2.75) is 46.0 Å². The van der Waals surface area contributed by atoms with Crippen LogP contribution in [0.25, 0.3) is 22.2 Å². The lowest BCUT2D eigenvalue weighted by Crippen LogP contribution is -2.33. The quantitative estimate of drug-likeness (QED) is 0.567. The Kier molecular flexibility index (Phi) is 5.91. The van der Waals surface area contributed by atoms with Gasteiger partial charge < -0.3 is 15.6 Å². The minimum absolute atomic E-state index is 0.105. The third-order valence-electron chi connectivity index (χ3n) is 6.25. The van der Waals surface area contributed by atoms with E-state index in [1.165, 1.54) is 10.9 Å². The van der Waals surface area contributed by atoms with Crippen LogP contribution in [-0.2, 0) is 4.79 Å². The number of aryl methyl sites for hydroxylation is 1. The maximum atomic E-state index is 12.8. The molecule has 1 fully saturated rings. The molecule has 5 heteroatoms. The summed E-state index contributed by atoms with van der Waals surface area (Å²) in [5.41, 5.74) is 6.76. The van der Waals surface area contributed by atoms with Crippen LogP contribution < -0.4 is 10.6 Å². The van der Waals surface area contributed by atoms with Crippen molar-refractivity contribution in [3.8, 4) is 11.3 Å². The molecule has 1 aliphatic heterocycles. The van der Waals surface area contributed by atoms with E-state index in [2.05, 4.69) is 64.8 Å². The lowest BCUT2D eigenvalue weighted by atomic mass is 9.93. The van der Waals surface area contributed by atoms with Crippen molar-refractivity contribution in [3.63, 3.8) is 0 Å². The zero-order valence-electron chi connectivity index (χ0n) is 18.4. The predicted molar refractivity (Wildman–Crippen MR) is 123 cm³/mol. The van der Waals surface area contributed by atoms with Crippen molar-refractivity contribution in [3.05, 3.63) is 53.3 Å². The van der Waals surface area contributed by atoms with Gasteiger partial charge in [-0.1, -0.05) is 19.9 Å². The number of hydrogen-bond acceptors (Lipinski definition) is 3. The number of benzene rings is 1. The Labute approximate surface area is 178 Å². The summed E-state index contributed by atoms with van der Waals surface area (Å²) < 4.78 is 0. The molecule has 3 N–H and O–H groups in total. The topological polar surface area (TPSA) is 69.8 Å². The highest BCUT2D eigenvalue weighted by Crippen LogP contribution is 2.36. The molecule has 1 saturated heterocycles. The van der Waals surface area contributed by atoms with Gasteiger partial charge in [-0.15, -0.1) is 0 Å². The number of hydrogen-bond donors (Lipinski definition) is 3. The van der Waals surface area contributed by atoms with Crippen LogP contribution in [0, 0.1) is 12.8 Å². The van der Waals surface area contributed by atoms with Crippen molar-refractivity contribution in [2.75, 3.05) is 19.6 Å². The average Bonchev–Trinajstić information content (AvgIpc) is 3.38. The van der Waals surface area contributed by atoms with Crippen LogP contribution in [0.1, 0.15) is 55.8 Å². The summed E-state index contributed by atoms with van der Waals surface area (Å²) in [6.45, 7) is 11.3. The molecule has 2 unspecified atom stereocenters. The minimum atomic E-state index is -0.176. The van der Waals surface area contributed by atoms with Crippen LogP contribution in [0.15, 0.2) is 36.5 Å². The number of fused-ring (bicyclic) bond motifs is 1. The molecule has 4 rings (SSSR count). The highest BCUT2D eigenvalue weighted by atomic mass is 16.1. The van der Waals surface area contributed by atoms with Crippen LogP contribution in [0.5, 0.6) is 0 Å². The summed E-state index contributed by atoms with van der Waals surface area (Å²) in [5, 5.41) is 7.71. The van der Waals surface area contributed by atoms with Gasteiger partial charge in [0.2, 0.25) is 5.91 Å². The lowest BCUT2D eigenvalue weighted by molar-refractivity contribution is -0.122. The van der Waals surface area contributed by atoms with Gasteiger partial charge in [0.1, 0.15) is 0 Å². The predicted octanol–water partition coefficient (Wildman–Crippen LogP) is 4.49. The summed E-state index contributed by atoms with van der Waals surface area (Å²) >= 11 is 0. The smallest absolute Gasteiger partial charge is 0.227 e. The molecular weight excluding hydrogens is 372 g/mol. The van der Waals surface area contributed by atoms with Crippen molar-refractivity contribution < 1.29 is 4.79 Å². The van der Waals surface area contributed by atoms with Gasteiger partial charge in [0.15, 0.2) is 0 Å². The fourth-order valence-electron chi connectivity index (χ4n) is 4.47. The molecule has 0 saturated carbocycles. The molecule has 0 aliphatic carbocycles. The SMILES string of the molecule is Cc1cc(-c2[nH]c3ccc(C(C)C(=O)NCC4CCNC4)cc3c2C(C)C)ccn1. The molecule has 0 bridgehead atoms. The molecule has 3 aromatic rings. The fourth-order valence-corrected chi connectivity index (χ4v) is 4.47. The van der Waals surface area contributed by atoms with E-state index >= 15 is 0 Å². The standard InChI is InChI=1S/C25H32N4O/c1-15(2)23-21-12-19(17(4)25(30)28-14-18-7-9-26-13-18)5-6-22(21)29-24(23)20-8-10-27-16(3)11-20/h5-6,8,10-12,15,17-18,26,29H,7,9,13-14H2,1-4H3,(H,28,30). The molecule has 5 nitrogen and oxygen atoms in total. The van der Waals surface area contributed by atoms with Gasteiger partial charge in [0, 0.05) is 34.9 Å².